The number of nitrogens with one attached hydrogen (secondary N) is 2. The quantitative estimate of drug-likeness (QED) is 0.306. The zero-order chi connectivity index (χ0) is 19.0. The number of aliphatic carboxylic acids is 1. The molecule has 1 heterocycles. The van der Waals surface area contributed by atoms with Gasteiger partial charge in [-0.1, -0.05) is 71.1 Å². The fourth-order valence-electron chi connectivity index (χ4n) is 3.03. The second-order valence-corrected chi connectivity index (χ2v) is 7.01. The molecule has 0 saturated heterocycles. The molecule has 6 nitrogen and oxygen atoms in total. The Bertz CT molecular complexity index is 495. The molecule has 0 aliphatic heterocycles. The van der Waals surface area contributed by atoms with Crippen LogP contribution in [-0.2, 0) is 16.0 Å². The van der Waals surface area contributed by atoms with Crippen molar-refractivity contribution in [2.75, 3.05) is 0 Å². The van der Waals surface area contributed by atoms with Crippen LogP contribution in [-0.4, -0.2) is 27.9 Å². The number of amides is 1. The van der Waals surface area contributed by atoms with Crippen LogP contribution in [0.5, 0.6) is 0 Å². The molecular weight excluding hydrogens is 353 g/mol. The summed E-state index contributed by atoms with van der Waals surface area (Å²) >= 11 is 0. The number of hydrogen-bond acceptors (Lipinski definition) is 4. The van der Waals surface area contributed by atoms with Crippen molar-refractivity contribution in [2.24, 2.45) is 0 Å². The standard InChI is InChI=1S/C20H35N3O3.Na/c1-2-3-4-5-6-7-8-9-10-11-12-13-19(24)23-18(20(25)26)14-17-15-21-16-22-17;/h15-16,18H,2-14H2,1H3,(H,21,22)(H,23,24)(H,25,26);/q;+1/p-1/t18-;/m0./s1. The zero-order valence-corrected chi connectivity index (χ0v) is 19.1. The third-order valence-electron chi connectivity index (χ3n) is 4.61. The molecule has 0 fully saturated rings. The Morgan fingerprint density at radius 1 is 1.04 bits per heavy atom. The Kier molecular flexibility index (Phi) is 16.7. The van der Waals surface area contributed by atoms with Crippen molar-refractivity contribution in [3.05, 3.63) is 18.2 Å². The van der Waals surface area contributed by atoms with E-state index in [1.807, 2.05) is 0 Å². The molecule has 1 atom stereocenters. The van der Waals surface area contributed by atoms with E-state index in [0.717, 1.165) is 19.3 Å². The van der Waals surface area contributed by atoms with E-state index in [0.29, 0.717) is 12.1 Å². The first-order valence-corrected chi connectivity index (χ1v) is 10.1. The molecule has 0 saturated carbocycles. The van der Waals surface area contributed by atoms with Crippen LogP contribution in [0.2, 0.25) is 0 Å². The molecule has 7 heteroatoms. The summed E-state index contributed by atoms with van der Waals surface area (Å²) in [5, 5.41) is 13.7. The number of carboxylic acid groups (broad SMARTS) is 1. The van der Waals surface area contributed by atoms with Gasteiger partial charge >= 0.3 is 29.6 Å². The van der Waals surface area contributed by atoms with Crippen LogP contribution < -0.4 is 40.0 Å². The normalized spacial score (nSPS) is 11.6. The number of aromatic amines is 1. The monoisotopic (exact) mass is 387 g/mol. The van der Waals surface area contributed by atoms with E-state index in [1.54, 1.807) is 6.20 Å². The zero-order valence-electron chi connectivity index (χ0n) is 17.1. The first kappa shape index (κ1) is 26.1. The van der Waals surface area contributed by atoms with Gasteiger partial charge in [0.25, 0.3) is 0 Å². The Morgan fingerprint density at radius 2 is 1.59 bits per heavy atom. The smallest absolute Gasteiger partial charge is 0.548 e. The topological polar surface area (TPSA) is 97.9 Å². The minimum Gasteiger partial charge on any atom is -0.548 e. The van der Waals surface area contributed by atoms with E-state index in [1.165, 1.54) is 57.7 Å². The molecular formula is C20H34N3NaO3. The summed E-state index contributed by atoms with van der Waals surface area (Å²) in [6.07, 6.45) is 17.0. The molecule has 148 valence electrons. The summed E-state index contributed by atoms with van der Waals surface area (Å²) in [6, 6.07) is -1.02. The number of carbonyl (C=O) groups is 2. The average Bonchev–Trinajstić information content (AvgIpc) is 3.12. The van der Waals surface area contributed by atoms with Gasteiger partial charge in [-0.15, -0.1) is 0 Å². The number of nitrogens with zero attached hydrogens (tertiary/aromatic N) is 1. The first-order valence-electron chi connectivity index (χ1n) is 10.1. The van der Waals surface area contributed by atoms with E-state index < -0.39 is 12.0 Å². The van der Waals surface area contributed by atoms with Crippen LogP contribution in [0.3, 0.4) is 0 Å². The second-order valence-electron chi connectivity index (χ2n) is 7.01. The van der Waals surface area contributed by atoms with E-state index >= 15 is 0 Å². The largest absolute Gasteiger partial charge is 1.00 e. The molecule has 0 radical (unpaired) electrons. The van der Waals surface area contributed by atoms with Crippen molar-refractivity contribution < 1.29 is 44.3 Å². The second kappa shape index (κ2) is 17.3. The van der Waals surface area contributed by atoms with Crippen LogP contribution >= 0.6 is 0 Å². The van der Waals surface area contributed by atoms with Crippen molar-refractivity contribution in [1.82, 2.24) is 15.3 Å². The predicted octanol–water partition coefficient (Wildman–Crippen LogP) is -0.108. The molecule has 0 aliphatic carbocycles. The molecule has 1 aromatic heterocycles. The van der Waals surface area contributed by atoms with Gasteiger partial charge in [-0.05, 0) is 6.42 Å². The third kappa shape index (κ3) is 13.9. The fraction of sp³-hybridized carbons (Fsp3) is 0.750. The summed E-state index contributed by atoms with van der Waals surface area (Å²) in [5.41, 5.74) is 0.661. The van der Waals surface area contributed by atoms with Gasteiger partial charge in [-0.3, -0.25) is 4.79 Å². The summed E-state index contributed by atoms with van der Waals surface area (Å²) in [6.45, 7) is 2.23. The van der Waals surface area contributed by atoms with Crippen molar-refractivity contribution in [3.8, 4) is 0 Å². The first-order chi connectivity index (χ1) is 12.6. The summed E-state index contributed by atoms with van der Waals surface area (Å²) in [7, 11) is 0. The van der Waals surface area contributed by atoms with Gasteiger partial charge in [0.15, 0.2) is 0 Å². The van der Waals surface area contributed by atoms with Crippen LogP contribution in [0.25, 0.3) is 0 Å². The van der Waals surface area contributed by atoms with Crippen molar-refractivity contribution in [3.63, 3.8) is 0 Å². The number of unbranched alkanes of at least 4 members (excludes halogenated alkanes) is 10. The fourth-order valence-corrected chi connectivity index (χ4v) is 3.03. The molecule has 1 rings (SSSR count). The van der Waals surface area contributed by atoms with Gasteiger partial charge in [-0.25, -0.2) is 4.98 Å². The molecule has 0 bridgehead atoms. The van der Waals surface area contributed by atoms with Crippen molar-refractivity contribution >= 4 is 11.9 Å². The molecule has 27 heavy (non-hydrogen) atoms. The number of carbonyl (C=O) groups excluding carboxylic acids is 2. The predicted molar refractivity (Wildman–Crippen MR) is 100 cm³/mol. The van der Waals surface area contributed by atoms with Crippen molar-refractivity contribution in [1.29, 1.82) is 0 Å². The van der Waals surface area contributed by atoms with Gasteiger partial charge in [0.05, 0.1) is 18.3 Å². The summed E-state index contributed by atoms with van der Waals surface area (Å²) < 4.78 is 0. The number of aromatic nitrogens is 2. The van der Waals surface area contributed by atoms with Crippen LogP contribution in [0.1, 0.15) is 89.7 Å². The molecule has 0 aliphatic rings. The van der Waals surface area contributed by atoms with E-state index in [-0.39, 0.29) is 41.9 Å². The summed E-state index contributed by atoms with van der Waals surface area (Å²) in [5.74, 6) is -1.50. The van der Waals surface area contributed by atoms with E-state index in [2.05, 4.69) is 22.2 Å². The van der Waals surface area contributed by atoms with E-state index in [9.17, 15) is 14.7 Å². The Hall–Kier alpha value is -0.850. The van der Waals surface area contributed by atoms with Gasteiger partial charge < -0.3 is 20.2 Å². The number of hydrogen-bond donors (Lipinski definition) is 2. The number of rotatable bonds is 16. The third-order valence-corrected chi connectivity index (χ3v) is 4.61. The van der Waals surface area contributed by atoms with Gasteiger partial charge in [0.2, 0.25) is 5.91 Å². The maximum absolute atomic E-state index is 11.9. The SMILES string of the molecule is CCCCCCCCCCCCCC(=O)N[C@@H](Cc1cnc[nH]1)C(=O)[O-].[Na+]. The Balaban J connectivity index is 0.00000676. The molecule has 1 aromatic rings. The minimum absolute atomic E-state index is 0. The molecule has 0 unspecified atom stereocenters. The molecule has 0 aromatic carbocycles. The molecule has 1 amide bonds. The summed E-state index contributed by atoms with van der Waals surface area (Å²) in [4.78, 5) is 29.8. The van der Waals surface area contributed by atoms with Crippen LogP contribution in [0.15, 0.2) is 12.5 Å². The van der Waals surface area contributed by atoms with Crippen molar-refractivity contribution in [2.45, 2.75) is 96.4 Å². The maximum Gasteiger partial charge on any atom is 1.00 e. The Labute approximate surface area is 185 Å². The minimum atomic E-state index is -1.27. The van der Waals surface area contributed by atoms with Gasteiger partial charge in [0, 0.05) is 24.7 Å². The van der Waals surface area contributed by atoms with Gasteiger partial charge in [-0.2, -0.15) is 0 Å². The Morgan fingerprint density at radius 3 is 2.07 bits per heavy atom. The number of H-pyrrole nitrogens is 1. The molecule has 0 spiro atoms. The van der Waals surface area contributed by atoms with Crippen LogP contribution in [0.4, 0.5) is 0 Å². The maximum atomic E-state index is 11.9. The van der Waals surface area contributed by atoms with Gasteiger partial charge in [0.1, 0.15) is 0 Å². The molecule has 2 N–H and O–H groups in total. The number of carboxylic acids is 1. The average molecular weight is 388 g/mol. The van der Waals surface area contributed by atoms with Crippen LogP contribution in [0, 0.1) is 0 Å². The van der Waals surface area contributed by atoms with E-state index in [4.69, 9.17) is 0 Å². The number of imidazole rings is 1.